The number of benzene rings is 1. The van der Waals surface area contributed by atoms with Crippen LogP contribution in [0.25, 0.3) is 0 Å². The molecule has 0 radical (unpaired) electrons. The number of methoxy groups -OCH3 is 1. The summed E-state index contributed by atoms with van der Waals surface area (Å²) in [6, 6.07) is 4.42. The van der Waals surface area contributed by atoms with Gasteiger partial charge >= 0.3 is 5.97 Å². The van der Waals surface area contributed by atoms with E-state index < -0.39 is 5.97 Å². The van der Waals surface area contributed by atoms with E-state index in [1.165, 1.54) is 19.2 Å². The third-order valence-electron chi connectivity index (χ3n) is 3.79. The van der Waals surface area contributed by atoms with Crippen LogP contribution in [-0.2, 0) is 4.74 Å². The number of carbonyl (C=O) groups is 2. The largest absolute Gasteiger partial charge is 0.497 e. The number of aromatic carboxylic acids is 1. The van der Waals surface area contributed by atoms with Crippen LogP contribution in [-0.4, -0.2) is 54.8 Å². The summed E-state index contributed by atoms with van der Waals surface area (Å²) in [5.41, 5.74) is 0.378. The molecule has 0 saturated carbocycles. The number of ether oxygens (including phenoxy) is 2. The Morgan fingerprint density at radius 3 is 2.68 bits per heavy atom. The second-order valence-electron chi connectivity index (χ2n) is 5.21. The fraction of sp³-hybridized carbons (Fsp3) is 0.500. The van der Waals surface area contributed by atoms with Gasteiger partial charge in [0.1, 0.15) is 5.75 Å². The van der Waals surface area contributed by atoms with Crippen molar-refractivity contribution in [2.24, 2.45) is 0 Å². The van der Waals surface area contributed by atoms with Gasteiger partial charge in [-0.1, -0.05) is 0 Å². The molecule has 1 aromatic carbocycles. The van der Waals surface area contributed by atoms with Gasteiger partial charge in [-0.25, -0.2) is 4.79 Å². The van der Waals surface area contributed by atoms with Crippen molar-refractivity contribution in [3.05, 3.63) is 29.3 Å². The quantitative estimate of drug-likeness (QED) is 0.870. The molecule has 1 saturated heterocycles. The minimum atomic E-state index is -1.08. The summed E-state index contributed by atoms with van der Waals surface area (Å²) in [6.45, 7) is 3.71. The number of carbonyl (C=O) groups excluding carboxylic acids is 1. The van der Waals surface area contributed by atoms with Gasteiger partial charge in [-0.3, -0.25) is 4.79 Å². The summed E-state index contributed by atoms with van der Waals surface area (Å²) in [7, 11) is 1.45. The van der Waals surface area contributed by atoms with E-state index in [4.69, 9.17) is 14.6 Å². The highest BCUT2D eigenvalue weighted by molar-refractivity contribution is 5.98. The van der Waals surface area contributed by atoms with Crippen molar-refractivity contribution in [3.63, 3.8) is 0 Å². The second-order valence-corrected chi connectivity index (χ2v) is 5.21. The van der Waals surface area contributed by atoms with E-state index in [1.807, 2.05) is 6.92 Å². The number of rotatable bonds is 6. The molecule has 1 heterocycles. The van der Waals surface area contributed by atoms with Crippen molar-refractivity contribution in [2.75, 3.05) is 26.9 Å². The molecule has 1 unspecified atom stereocenters. The van der Waals surface area contributed by atoms with Crippen LogP contribution in [0.4, 0.5) is 0 Å². The van der Waals surface area contributed by atoms with Gasteiger partial charge in [0.15, 0.2) is 0 Å². The van der Waals surface area contributed by atoms with E-state index in [9.17, 15) is 9.59 Å². The fourth-order valence-corrected chi connectivity index (χ4v) is 2.66. The van der Waals surface area contributed by atoms with Crippen LogP contribution in [0.15, 0.2) is 18.2 Å². The second kappa shape index (κ2) is 7.26. The molecule has 2 rings (SSSR count). The molecule has 1 aromatic rings. The molecule has 1 atom stereocenters. The van der Waals surface area contributed by atoms with Gasteiger partial charge in [0.25, 0.3) is 5.91 Å². The van der Waals surface area contributed by atoms with Crippen LogP contribution in [0, 0.1) is 0 Å². The molecule has 1 amide bonds. The highest BCUT2D eigenvalue weighted by Gasteiger charge is 2.30. The predicted molar refractivity (Wildman–Crippen MR) is 80.5 cm³/mol. The van der Waals surface area contributed by atoms with E-state index in [1.54, 1.807) is 11.0 Å². The van der Waals surface area contributed by atoms with Crippen molar-refractivity contribution < 1.29 is 24.2 Å². The smallest absolute Gasteiger partial charge is 0.335 e. The summed E-state index contributed by atoms with van der Waals surface area (Å²) in [5.74, 6) is -0.896. The van der Waals surface area contributed by atoms with Crippen LogP contribution in [0.1, 0.15) is 40.5 Å². The van der Waals surface area contributed by atoms with E-state index in [0.29, 0.717) is 31.1 Å². The normalized spacial score (nSPS) is 17.5. The Kier molecular flexibility index (Phi) is 5.38. The predicted octanol–water partition coefficient (Wildman–Crippen LogP) is 2.03. The number of likely N-dealkylation sites (tertiary alicyclic amines) is 1. The number of nitrogens with zero attached hydrogens (tertiary/aromatic N) is 1. The minimum absolute atomic E-state index is 0.0447. The first kappa shape index (κ1) is 16.3. The van der Waals surface area contributed by atoms with Crippen molar-refractivity contribution in [2.45, 2.75) is 25.8 Å². The number of hydrogen-bond acceptors (Lipinski definition) is 4. The molecule has 6 nitrogen and oxygen atoms in total. The van der Waals surface area contributed by atoms with Gasteiger partial charge in [0.05, 0.1) is 25.3 Å². The van der Waals surface area contributed by atoms with Gasteiger partial charge in [-0.2, -0.15) is 0 Å². The first-order valence-corrected chi connectivity index (χ1v) is 7.38. The van der Waals surface area contributed by atoms with Crippen LogP contribution >= 0.6 is 0 Å². The molecule has 0 aromatic heterocycles. The zero-order chi connectivity index (χ0) is 16.1. The number of carboxylic acid groups (broad SMARTS) is 1. The zero-order valence-electron chi connectivity index (χ0n) is 12.9. The molecule has 1 N–H and O–H groups in total. The summed E-state index contributed by atoms with van der Waals surface area (Å²) in [6.07, 6.45) is 1.83. The van der Waals surface area contributed by atoms with Crippen molar-refractivity contribution in [1.29, 1.82) is 0 Å². The average Bonchev–Trinajstić information content (AvgIpc) is 2.99. The Labute approximate surface area is 129 Å². The zero-order valence-corrected chi connectivity index (χ0v) is 12.9. The first-order valence-electron chi connectivity index (χ1n) is 7.38. The van der Waals surface area contributed by atoms with Gasteiger partial charge in [-0.05, 0) is 38.0 Å². The third kappa shape index (κ3) is 3.57. The molecular formula is C16H21NO5. The Morgan fingerprint density at radius 2 is 2.05 bits per heavy atom. The lowest BCUT2D eigenvalue weighted by Crippen LogP contribution is -2.38. The lowest BCUT2D eigenvalue weighted by Gasteiger charge is -2.24. The van der Waals surface area contributed by atoms with Crippen molar-refractivity contribution >= 4 is 11.9 Å². The Morgan fingerprint density at radius 1 is 1.32 bits per heavy atom. The third-order valence-corrected chi connectivity index (χ3v) is 3.79. The number of carboxylic acids is 1. The molecule has 1 aliphatic heterocycles. The SMILES string of the molecule is CCOCC1CCCN1C(=O)c1cc(OC)cc(C(=O)O)c1. The molecule has 1 aliphatic rings. The summed E-state index contributed by atoms with van der Waals surface area (Å²) in [4.78, 5) is 25.6. The van der Waals surface area contributed by atoms with Crippen molar-refractivity contribution in [3.8, 4) is 5.75 Å². The van der Waals surface area contributed by atoms with E-state index in [2.05, 4.69) is 0 Å². The standard InChI is InChI=1S/C16H21NO5/c1-3-22-10-13-5-4-6-17(13)15(18)11-7-12(16(19)20)9-14(8-11)21-2/h7-9,13H,3-6,10H2,1-2H3,(H,19,20). The maximum Gasteiger partial charge on any atom is 0.335 e. The Balaban J connectivity index is 2.24. The van der Waals surface area contributed by atoms with Gasteiger partial charge < -0.3 is 19.5 Å². The lowest BCUT2D eigenvalue weighted by atomic mass is 10.1. The average molecular weight is 307 g/mol. The summed E-state index contributed by atoms with van der Waals surface area (Å²) >= 11 is 0. The molecule has 120 valence electrons. The molecule has 22 heavy (non-hydrogen) atoms. The Hall–Kier alpha value is -2.08. The monoisotopic (exact) mass is 307 g/mol. The highest BCUT2D eigenvalue weighted by Crippen LogP contribution is 2.23. The van der Waals surface area contributed by atoms with Crippen molar-refractivity contribution in [1.82, 2.24) is 4.90 Å². The topological polar surface area (TPSA) is 76.1 Å². The van der Waals surface area contributed by atoms with E-state index in [0.717, 1.165) is 12.8 Å². The van der Waals surface area contributed by atoms with Gasteiger partial charge in [0, 0.05) is 18.7 Å². The molecule has 6 heteroatoms. The van der Waals surface area contributed by atoms with Gasteiger partial charge in [0.2, 0.25) is 0 Å². The summed E-state index contributed by atoms with van der Waals surface area (Å²) in [5, 5.41) is 9.14. The first-order chi connectivity index (χ1) is 10.6. The van der Waals surface area contributed by atoms with Crippen LogP contribution in [0.5, 0.6) is 5.75 Å². The van der Waals surface area contributed by atoms with Crippen LogP contribution < -0.4 is 4.74 Å². The van der Waals surface area contributed by atoms with E-state index >= 15 is 0 Å². The fourth-order valence-electron chi connectivity index (χ4n) is 2.66. The number of hydrogen-bond donors (Lipinski definition) is 1. The summed E-state index contributed by atoms with van der Waals surface area (Å²) < 4.78 is 10.5. The molecule has 0 spiro atoms. The molecular weight excluding hydrogens is 286 g/mol. The van der Waals surface area contributed by atoms with Crippen LogP contribution in [0.3, 0.4) is 0 Å². The molecule has 1 fully saturated rings. The van der Waals surface area contributed by atoms with Crippen LogP contribution in [0.2, 0.25) is 0 Å². The van der Waals surface area contributed by atoms with Gasteiger partial charge in [-0.15, -0.1) is 0 Å². The lowest BCUT2D eigenvalue weighted by molar-refractivity contribution is 0.0564. The molecule has 0 aliphatic carbocycles. The maximum absolute atomic E-state index is 12.7. The Bertz CT molecular complexity index is 557. The number of amides is 1. The highest BCUT2D eigenvalue weighted by atomic mass is 16.5. The molecule has 0 bridgehead atoms. The maximum atomic E-state index is 12.7. The van der Waals surface area contributed by atoms with E-state index in [-0.39, 0.29) is 17.5 Å². The minimum Gasteiger partial charge on any atom is -0.497 e.